The maximum atomic E-state index is 10.7. The fraction of sp³-hybridized carbons (Fsp3) is 0.857. The molecule has 1 aliphatic rings. The van der Waals surface area contributed by atoms with Gasteiger partial charge in [-0.2, -0.15) is 11.8 Å². The van der Waals surface area contributed by atoms with E-state index in [2.05, 4.69) is 0 Å². The molecule has 1 fully saturated rings. The van der Waals surface area contributed by atoms with Gasteiger partial charge in [0, 0.05) is 19.3 Å². The highest BCUT2D eigenvalue weighted by molar-refractivity contribution is 8.00. The molecule has 0 bridgehead atoms. The minimum atomic E-state index is 0.265. The Morgan fingerprint density at radius 2 is 2.10 bits per heavy atom. The normalized spacial score (nSPS) is 17.9. The van der Waals surface area contributed by atoms with Crippen LogP contribution in [0.2, 0.25) is 0 Å². The van der Waals surface area contributed by atoms with Crippen molar-refractivity contribution in [3.8, 4) is 0 Å². The molecule has 1 heterocycles. The van der Waals surface area contributed by atoms with E-state index in [1.807, 2.05) is 20.9 Å². The minimum Gasteiger partial charge on any atom is -0.344 e. The Hall–Kier alpha value is -0.180. The summed E-state index contributed by atoms with van der Waals surface area (Å²) in [5.41, 5.74) is 0. The van der Waals surface area contributed by atoms with E-state index in [9.17, 15) is 4.79 Å². The van der Waals surface area contributed by atoms with E-state index in [0.717, 1.165) is 12.3 Å². The highest BCUT2D eigenvalue weighted by Crippen LogP contribution is 2.07. The molecule has 0 N–H and O–H groups in total. The molecule has 0 saturated carbocycles. The van der Waals surface area contributed by atoms with Crippen LogP contribution in [0.4, 0.5) is 0 Å². The Bertz CT molecular complexity index is 106. The third kappa shape index (κ3) is 3.11. The summed E-state index contributed by atoms with van der Waals surface area (Å²) in [5, 5.41) is 0. The van der Waals surface area contributed by atoms with Crippen LogP contribution < -0.4 is 0 Å². The largest absolute Gasteiger partial charge is 0.344 e. The van der Waals surface area contributed by atoms with Crippen molar-refractivity contribution in [3.05, 3.63) is 0 Å². The average molecular weight is 161 g/mol. The summed E-state index contributed by atoms with van der Waals surface area (Å²) < 4.78 is 0. The third-order valence-electron chi connectivity index (χ3n) is 1.22. The van der Waals surface area contributed by atoms with Gasteiger partial charge in [0.15, 0.2) is 0 Å². The fourth-order valence-corrected chi connectivity index (χ4v) is 1.54. The van der Waals surface area contributed by atoms with Gasteiger partial charge in [0.1, 0.15) is 0 Å². The van der Waals surface area contributed by atoms with Crippen LogP contribution >= 0.6 is 11.8 Å². The molecular weight excluding hydrogens is 146 g/mol. The van der Waals surface area contributed by atoms with Gasteiger partial charge < -0.3 is 4.90 Å². The first-order valence-corrected chi connectivity index (χ1v) is 4.78. The zero-order chi connectivity index (χ0) is 7.98. The van der Waals surface area contributed by atoms with Gasteiger partial charge in [-0.05, 0) is 0 Å². The van der Waals surface area contributed by atoms with Crippen molar-refractivity contribution >= 4 is 17.7 Å². The monoisotopic (exact) mass is 161 g/mol. The molecule has 2 nitrogen and oxygen atoms in total. The van der Waals surface area contributed by atoms with Gasteiger partial charge in [-0.15, -0.1) is 0 Å². The number of carbonyl (C=O) groups is 1. The molecule has 1 saturated heterocycles. The van der Waals surface area contributed by atoms with Crippen LogP contribution in [0.25, 0.3) is 0 Å². The molecule has 1 rings (SSSR count). The molecular formula is C7H15NOS. The Balaban J connectivity index is 0.000000371. The van der Waals surface area contributed by atoms with Crippen molar-refractivity contribution in [2.24, 2.45) is 0 Å². The second-order valence-corrected chi connectivity index (χ2v) is 2.97. The molecule has 0 spiro atoms. The van der Waals surface area contributed by atoms with Crippen LogP contribution in [0.1, 0.15) is 13.8 Å². The van der Waals surface area contributed by atoms with Crippen molar-refractivity contribution < 1.29 is 4.79 Å². The second-order valence-electron chi connectivity index (χ2n) is 1.87. The summed E-state index contributed by atoms with van der Waals surface area (Å²) in [6, 6.07) is 0. The molecule has 60 valence electrons. The van der Waals surface area contributed by atoms with Crippen molar-refractivity contribution in [2.45, 2.75) is 13.8 Å². The number of hydrogen-bond donors (Lipinski definition) is 0. The van der Waals surface area contributed by atoms with Crippen LogP contribution in [-0.2, 0) is 4.79 Å². The Morgan fingerprint density at radius 3 is 2.40 bits per heavy atom. The smallest absolute Gasteiger partial charge is 0.232 e. The van der Waals surface area contributed by atoms with Crippen molar-refractivity contribution in [3.63, 3.8) is 0 Å². The molecule has 0 atom stereocenters. The van der Waals surface area contributed by atoms with Gasteiger partial charge in [0.05, 0.1) is 5.75 Å². The predicted molar refractivity (Wildman–Crippen MR) is 46.3 cm³/mol. The van der Waals surface area contributed by atoms with Crippen molar-refractivity contribution in [1.82, 2.24) is 4.90 Å². The maximum absolute atomic E-state index is 10.7. The topological polar surface area (TPSA) is 20.3 Å². The van der Waals surface area contributed by atoms with Gasteiger partial charge in [-0.1, -0.05) is 13.8 Å². The van der Waals surface area contributed by atoms with Gasteiger partial charge in [0.2, 0.25) is 5.91 Å². The molecule has 0 aromatic carbocycles. The lowest BCUT2D eigenvalue weighted by atomic mass is 10.5. The SMILES string of the molecule is CC.CN1CCSCC1=O. The second kappa shape index (κ2) is 5.59. The van der Waals surface area contributed by atoms with Gasteiger partial charge in [-0.25, -0.2) is 0 Å². The first kappa shape index (κ1) is 9.82. The lowest BCUT2D eigenvalue weighted by molar-refractivity contribution is -0.127. The number of hydrogen-bond acceptors (Lipinski definition) is 2. The van der Waals surface area contributed by atoms with Gasteiger partial charge in [0.25, 0.3) is 0 Å². The van der Waals surface area contributed by atoms with Crippen LogP contribution in [-0.4, -0.2) is 35.9 Å². The van der Waals surface area contributed by atoms with Crippen LogP contribution in [0.15, 0.2) is 0 Å². The van der Waals surface area contributed by atoms with Gasteiger partial charge >= 0.3 is 0 Å². The molecule has 0 unspecified atom stereocenters. The number of rotatable bonds is 0. The quantitative estimate of drug-likeness (QED) is 0.532. The third-order valence-corrected chi connectivity index (χ3v) is 2.14. The van der Waals surface area contributed by atoms with Crippen molar-refractivity contribution in [2.75, 3.05) is 25.1 Å². The van der Waals surface area contributed by atoms with Crippen LogP contribution in [0.3, 0.4) is 0 Å². The predicted octanol–water partition coefficient (Wildman–Crippen LogP) is 1.22. The zero-order valence-corrected chi connectivity index (χ0v) is 7.70. The molecule has 3 heteroatoms. The summed E-state index contributed by atoms with van der Waals surface area (Å²) in [4.78, 5) is 12.5. The average Bonchev–Trinajstić information content (AvgIpc) is 2.00. The van der Waals surface area contributed by atoms with E-state index in [1.165, 1.54) is 0 Å². The Morgan fingerprint density at radius 1 is 1.50 bits per heavy atom. The molecule has 0 aromatic heterocycles. The van der Waals surface area contributed by atoms with E-state index in [4.69, 9.17) is 0 Å². The lowest BCUT2D eigenvalue weighted by Gasteiger charge is -2.20. The van der Waals surface area contributed by atoms with E-state index in [1.54, 1.807) is 16.7 Å². The summed E-state index contributed by atoms with van der Waals surface area (Å²) in [6.07, 6.45) is 0. The van der Waals surface area contributed by atoms with Crippen molar-refractivity contribution in [1.29, 1.82) is 0 Å². The summed E-state index contributed by atoms with van der Waals surface area (Å²) in [6.45, 7) is 4.92. The zero-order valence-electron chi connectivity index (χ0n) is 6.89. The van der Waals surface area contributed by atoms with Crippen LogP contribution in [0.5, 0.6) is 0 Å². The van der Waals surface area contributed by atoms with Crippen LogP contribution in [0, 0.1) is 0 Å². The van der Waals surface area contributed by atoms with E-state index in [-0.39, 0.29) is 5.91 Å². The van der Waals surface area contributed by atoms with E-state index >= 15 is 0 Å². The summed E-state index contributed by atoms with van der Waals surface area (Å²) in [7, 11) is 1.85. The number of nitrogens with zero attached hydrogens (tertiary/aromatic N) is 1. The standard InChI is InChI=1S/C5H9NOS.C2H6/c1-6-2-3-8-4-5(6)7;1-2/h2-4H2,1H3;1-2H3. The van der Waals surface area contributed by atoms with E-state index in [0.29, 0.717) is 5.75 Å². The molecule has 10 heavy (non-hydrogen) atoms. The van der Waals surface area contributed by atoms with Gasteiger partial charge in [-0.3, -0.25) is 4.79 Å². The maximum Gasteiger partial charge on any atom is 0.232 e. The molecule has 0 radical (unpaired) electrons. The lowest BCUT2D eigenvalue weighted by Crippen LogP contribution is -2.34. The molecule has 1 aliphatic heterocycles. The first-order valence-electron chi connectivity index (χ1n) is 3.62. The highest BCUT2D eigenvalue weighted by atomic mass is 32.2. The van der Waals surface area contributed by atoms with E-state index < -0.39 is 0 Å². The first-order chi connectivity index (χ1) is 4.80. The Kier molecular flexibility index (Phi) is 5.49. The highest BCUT2D eigenvalue weighted by Gasteiger charge is 2.12. The molecule has 1 amide bonds. The molecule has 0 aliphatic carbocycles. The number of thioether (sulfide) groups is 1. The summed E-state index contributed by atoms with van der Waals surface area (Å²) in [5.74, 6) is 2.04. The number of amides is 1. The number of carbonyl (C=O) groups excluding carboxylic acids is 1. The minimum absolute atomic E-state index is 0.265. The molecule has 0 aromatic rings. The summed E-state index contributed by atoms with van der Waals surface area (Å²) >= 11 is 1.72. The Labute approximate surface area is 67.0 Å². The fourth-order valence-electron chi connectivity index (χ4n) is 0.596.